The number of nitrogens with one attached hydrogen (secondary N) is 2. The Hall–Kier alpha value is -5.37. The lowest BCUT2D eigenvalue weighted by atomic mass is 9.87. The maximum Gasteiger partial charge on any atom is 0.324 e. The van der Waals surface area contributed by atoms with E-state index in [1.165, 1.54) is 17.6 Å². The molecular formula is C32H31N11OS. The lowest BCUT2D eigenvalue weighted by Gasteiger charge is -2.48. The first-order chi connectivity index (χ1) is 22.0. The topological polar surface area (TPSA) is 151 Å². The van der Waals surface area contributed by atoms with Crippen LogP contribution in [0.15, 0.2) is 83.8 Å². The lowest BCUT2D eigenvalue weighted by molar-refractivity contribution is 0.188. The van der Waals surface area contributed by atoms with Crippen molar-refractivity contribution in [1.82, 2.24) is 30.6 Å². The molecule has 4 heterocycles. The second kappa shape index (κ2) is 13.1. The lowest BCUT2D eigenvalue weighted by Crippen LogP contribution is -2.68. The molecule has 3 aromatic heterocycles. The molecule has 1 aromatic carbocycles. The van der Waals surface area contributed by atoms with E-state index in [0.717, 1.165) is 35.4 Å². The van der Waals surface area contributed by atoms with Gasteiger partial charge in [0, 0.05) is 37.8 Å². The number of nitrogens with zero attached hydrogens (tertiary/aromatic N) is 9. The number of rotatable bonds is 8. The number of urea groups is 1. The molecule has 0 spiro atoms. The molecule has 13 heteroatoms. The first-order valence-electron chi connectivity index (χ1n) is 14.6. The van der Waals surface area contributed by atoms with Gasteiger partial charge in [-0.1, -0.05) is 36.8 Å². The van der Waals surface area contributed by atoms with Crippen LogP contribution in [0, 0.1) is 22.7 Å². The normalized spacial score (nSPS) is 17.2. The van der Waals surface area contributed by atoms with Crippen molar-refractivity contribution in [2.75, 3.05) is 9.80 Å². The summed E-state index contributed by atoms with van der Waals surface area (Å²) in [6.07, 6.45) is 10.2. The summed E-state index contributed by atoms with van der Waals surface area (Å²) in [4.78, 5) is 23.1. The quantitative estimate of drug-likeness (QED) is 0.261. The number of benzene rings is 1. The van der Waals surface area contributed by atoms with Crippen LogP contribution in [0.25, 0.3) is 11.3 Å². The summed E-state index contributed by atoms with van der Waals surface area (Å²) < 4.78 is 1.70. The van der Waals surface area contributed by atoms with E-state index < -0.39 is 12.0 Å². The highest BCUT2D eigenvalue weighted by Gasteiger charge is 2.45. The average molecular weight is 618 g/mol. The number of aryl methyl sites for hydroxylation is 1. The van der Waals surface area contributed by atoms with Crippen molar-refractivity contribution in [3.8, 4) is 23.4 Å². The number of aromatic nitrogens is 4. The standard InChI is InChI=1S/C32H31N11OS/c1-41-22-25(20-37-41)27-11-12-28(40-39-27)43(31(44)36-18-23-8-4-2-5-9-23)32(14-6-3-7-15-32)38-30-35-19-24(16-33)21-42(30)29-13-10-26(17-34)45-29/h2,4-5,8-13,19-22,30,38H,3,6-7,14-15,18H2,1H3,(H,36,44). The molecule has 2 amide bonds. The van der Waals surface area contributed by atoms with Gasteiger partial charge in [0.2, 0.25) is 0 Å². The fraction of sp³-hybridized carbons (Fsp3) is 0.281. The van der Waals surface area contributed by atoms with Gasteiger partial charge in [0.1, 0.15) is 22.7 Å². The van der Waals surface area contributed by atoms with Crippen molar-refractivity contribution >= 4 is 34.4 Å². The van der Waals surface area contributed by atoms with Gasteiger partial charge in [-0.2, -0.15) is 15.6 Å². The van der Waals surface area contributed by atoms with Crippen molar-refractivity contribution in [2.45, 2.75) is 50.6 Å². The van der Waals surface area contributed by atoms with Gasteiger partial charge in [0.15, 0.2) is 12.1 Å². The molecule has 1 fully saturated rings. The van der Waals surface area contributed by atoms with Gasteiger partial charge in [0.05, 0.1) is 22.5 Å². The summed E-state index contributed by atoms with van der Waals surface area (Å²) in [5, 5.41) is 40.0. The Bertz CT molecular complexity index is 1790. The third-order valence-corrected chi connectivity index (χ3v) is 8.86. The number of thiophene rings is 1. The summed E-state index contributed by atoms with van der Waals surface area (Å²) in [5.74, 6) is 0.394. The molecule has 1 aliphatic heterocycles. The maximum atomic E-state index is 14.3. The molecule has 6 rings (SSSR count). The highest BCUT2D eigenvalue weighted by molar-refractivity contribution is 7.16. The minimum absolute atomic E-state index is 0.320. The minimum atomic E-state index is -0.892. The van der Waals surface area contributed by atoms with Crippen molar-refractivity contribution in [3.05, 3.63) is 89.2 Å². The van der Waals surface area contributed by atoms with Gasteiger partial charge < -0.3 is 10.2 Å². The zero-order valence-electron chi connectivity index (χ0n) is 24.7. The van der Waals surface area contributed by atoms with Gasteiger partial charge in [-0.15, -0.1) is 21.5 Å². The van der Waals surface area contributed by atoms with Crippen molar-refractivity contribution < 1.29 is 4.79 Å². The fourth-order valence-corrected chi connectivity index (χ4v) is 6.48. The SMILES string of the molecule is Cn1cc(-c2ccc(N(C(=O)NCc3ccccc3)C3(NC4N=CC(C#N)=CN4c4ccc(C#N)s4)CCCCC3)nn2)cn1. The maximum absolute atomic E-state index is 14.3. The largest absolute Gasteiger partial charge is 0.334 e. The Kier molecular flexibility index (Phi) is 8.64. The summed E-state index contributed by atoms with van der Waals surface area (Å²) in [6.45, 7) is 0.335. The number of anilines is 2. The molecule has 2 N–H and O–H groups in total. The van der Waals surface area contributed by atoms with Gasteiger partial charge in [-0.25, -0.2) is 4.79 Å². The van der Waals surface area contributed by atoms with Crippen LogP contribution in [0.3, 0.4) is 0 Å². The van der Waals surface area contributed by atoms with Crippen molar-refractivity contribution in [1.29, 1.82) is 10.5 Å². The van der Waals surface area contributed by atoms with E-state index in [-0.39, 0.29) is 6.03 Å². The Balaban J connectivity index is 1.38. The number of hydrogen-bond acceptors (Lipinski definition) is 10. The third kappa shape index (κ3) is 6.45. The number of carbonyl (C=O) groups excluding carboxylic acids is 1. The van der Waals surface area contributed by atoms with Gasteiger partial charge in [0.25, 0.3) is 0 Å². The monoisotopic (exact) mass is 617 g/mol. The molecule has 2 aliphatic rings. The van der Waals surface area contributed by atoms with E-state index in [4.69, 9.17) is 4.99 Å². The van der Waals surface area contributed by atoms with E-state index in [0.29, 0.717) is 41.3 Å². The number of allylic oxidation sites excluding steroid dienone is 1. The van der Waals surface area contributed by atoms with Crippen LogP contribution < -0.4 is 20.4 Å². The average Bonchev–Trinajstić information content (AvgIpc) is 3.75. The van der Waals surface area contributed by atoms with Crippen LogP contribution in [-0.4, -0.2) is 44.2 Å². The van der Waals surface area contributed by atoms with Crippen molar-refractivity contribution in [2.24, 2.45) is 12.0 Å². The van der Waals surface area contributed by atoms with Crippen LogP contribution in [0.5, 0.6) is 0 Å². The summed E-state index contributed by atoms with van der Waals surface area (Å²) >= 11 is 1.31. The van der Waals surface area contributed by atoms with E-state index in [9.17, 15) is 15.3 Å². The number of amides is 2. The zero-order chi connectivity index (χ0) is 31.2. The second-order valence-electron chi connectivity index (χ2n) is 10.9. The van der Waals surface area contributed by atoms with Gasteiger partial charge >= 0.3 is 6.03 Å². The highest BCUT2D eigenvalue weighted by Crippen LogP contribution is 2.37. The predicted molar refractivity (Wildman–Crippen MR) is 172 cm³/mol. The Morgan fingerprint density at radius 2 is 1.89 bits per heavy atom. The highest BCUT2D eigenvalue weighted by atomic mass is 32.1. The molecule has 0 radical (unpaired) electrons. The Labute approximate surface area is 264 Å². The smallest absolute Gasteiger partial charge is 0.324 e. The van der Waals surface area contributed by atoms with Crippen LogP contribution in [0.2, 0.25) is 0 Å². The van der Waals surface area contributed by atoms with Crippen LogP contribution in [-0.2, 0) is 13.6 Å². The summed E-state index contributed by atoms with van der Waals surface area (Å²) in [5.41, 5.74) is 1.92. The molecule has 0 bridgehead atoms. The van der Waals surface area contributed by atoms with Crippen LogP contribution in [0.1, 0.15) is 42.5 Å². The molecule has 1 aliphatic carbocycles. The Morgan fingerprint density at radius 3 is 2.56 bits per heavy atom. The van der Waals surface area contributed by atoms with Crippen molar-refractivity contribution in [3.63, 3.8) is 0 Å². The molecule has 1 atom stereocenters. The zero-order valence-corrected chi connectivity index (χ0v) is 25.5. The van der Waals surface area contributed by atoms with E-state index >= 15 is 0 Å². The van der Waals surface area contributed by atoms with Crippen LogP contribution in [0.4, 0.5) is 15.6 Å². The molecule has 226 valence electrons. The van der Waals surface area contributed by atoms with Crippen LogP contribution >= 0.6 is 11.3 Å². The molecule has 4 aromatic rings. The number of nitriles is 2. The number of aliphatic imine (C=N–C) groups is 1. The molecule has 12 nitrogen and oxygen atoms in total. The number of carbonyl (C=O) groups is 1. The molecule has 1 saturated carbocycles. The summed E-state index contributed by atoms with van der Waals surface area (Å²) in [7, 11) is 1.84. The molecule has 0 saturated heterocycles. The van der Waals surface area contributed by atoms with Gasteiger partial charge in [-0.3, -0.25) is 19.9 Å². The minimum Gasteiger partial charge on any atom is -0.334 e. The second-order valence-corrected chi connectivity index (χ2v) is 12.0. The fourth-order valence-electron chi connectivity index (χ4n) is 5.68. The molecule has 1 unspecified atom stereocenters. The summed E-state index contributed by atoms with van der Waals surface area (Å²) in [6, 6.07) is 21.0. The molecular weight excluding hydrogens is 586 g/mol. The van der Waals surface area contributed by atoms with Gasteiger partial charge in [-0.05, 0) is 55.5 Å². The Morgan fingerprint density at radius 1 is 1.07 bits per heavy atom. The first kappa shape index (κ1) is 29.7. The van der Waals surface area contributed by atoms with E-state index in [2.05, 4.69) is 38.1 Å². The molecule has 45 heavy (non-hydrogen) atoms. The van der Waals surface area contributed by atoms with E-state index in [1.807, 2.05) is 66.7 Å². The first-order valence-corrected chi connectivity index (χ1v) is 15.5. The third-order valence-electron chi connectivity index (χ3n) is 7.86. The number of hydrogen-bond donors (Lipinski definition) is 2. The predicted octanol–water partition coefficient (Wildman–Crippen LogP) is 5.06. The van der Waals surface area contributed by atoms with E-state index in [1.54, 1.807) is 28.0 Å².